The van der Waals surface area contributed by atoms with Crippen LogP contribution >= 0.6 is 0 Å². The van der Waals surface area contributed by atoms with Crippen LogP contribution in [0.25, 0.3) is 0 Å². The zero-order chi connectivity index (χ0) is 25.2. The number of pyridine rings is 1. The number of aromatic carboxylic acids is 1. The van der Waals surface area contributed by atoms with E-state index in [-0.39, 0.29) is 22.0 Å². The fourth-order valence-electron chi connectivity index (χ4n) is 3.86. The molecule has 0 aliphatic carbocycles. The highest BCUT2D eigenvalue weighted by atomic mass is 32.2. The molecule has 2 aromatic heterocycles. The Morgan fingerprint density at radius 3 is 2.44 bits per heavy atom. The number of hydrogen-bond acceptors (Lipinski definition) is 6. The van der Waals surface area contributed by atoms with Crippen LogP contribution in [0.2, 0.25) is 0 Å². The molecule has 2 heterocycles. The van der Waals surface area contributed by atoms with Gasteiger partial charge in [-0.3, -0.25) is 9.40 Å². The predicted octanol–water partition coefficient (Wildman–Crippen LogP) is 3.71. The molecule has 0 bridgehead atoms. The third kappa shape index (κ3) is 5.22. The third-order valence-electron chi connectivity index (χ3n) is 6.03. The van der Waals surface area contributed by atoms with Crippen molar-refractivity contribution in [2.75, 3.05) is 23.2 Å². The molecule has 2 N–H and O–H groups in total. The van der Waals surface area contributed by atoms with Gasteiger partial charge in [0.25, 0.3) is 10.0 Å². The molecule has 34 heavy (non-hydrogen) atoms. The molecule has 0 radical (unpaired) electrons. The molecule has 0 saturated carbocycles. The molecule has 0 saturated heterocycles. The summed E-state index contributed by atoms with van der Waals surface area (Å²) < 4.78 is 30.0. The Balaban J connectivity index is 1.83. The monoisotopic (exact) mass is 485 g/mol. The van der Waals surface area contributed by atoms with Crippen LogP contribution in [0, 0.1) is 27.7 Å². The van der Waals surface area contributed by atoms with Gasteiger partial charge in [-0.25, -0.2) is 18.2 Å². The van der Waals surface area contributed by atoms with Crippen LogP contribution in [-0.4, -0.2) is 47.9 Å². The number of sulfonamides is 1. The van der Waals surface area contributed by atoms with Crippen LogP contribution < -0.4 is 9.62 Å². The quantitative estimate of drug-likeness (QED) is 0.474. The van der Waals surface area contributed by atoms with Crippen LogP contribution in [-0.2, 0) is 23.0 Å². The number of carboxylic acid groups (broad SMARTS) is 1. The molecule has 0 fully saturated rings. The van der Waals surface area contributed by atoms with Gasteiger partial charge < -0.3 is 10.0 Å². The van der Waals surface area contributed by atoms with E-state index in [1.165, 1.54) is 18.3 Å². The van der Waals surface area contributed by atoms with E-state index in [9.17, 15) is 18.3 Å². The van der Waals surface area contributed by atoms with E-state index in [2.05, 4.69) is 14.8 Å². The molecular formula is C24H31N5O4S. The first-order valence-corrected chi connectivity index (χ1v) is 12.5. The minimum atomic E-state index is -3.89. The maximum atomic E-state index is 12.8. The molecule has 0 aliphatic rings. The van der Waals surface area contributed by atoms with Crippen molar-refractivity contribution >= 4 is 27.5 Å². The minimum absolute atomic E-state index is 0.0829. The number of carbonyl (C=O) groups is 1. The van der Waals surface area contributed by atoms with E-state index < -0.39 is 16.0 Å². The van der Waals surface area contributed by atoms with Gasteiger partial charge >= 0.3 is 5.97 Å². The summed E-state index contributed by atoms with van der Waals surface area (Å²) in [5.74, 6) is -0.924. The molecule has 0 spiro atoms. The molecule has 182 valence electrons. The van der Waals surface area contributed by atoms with Gasteiger partial charge in [-0.05, 0) is 75.9 Å². The predicted molar refractivity (Wildman–Crippen MR) is 132 cm³/mol. The number of carboxylic acids is 1. The molecule has 0 amide bonds. The molecule has 0 unspecified atom stereocenters. The normalized spacial score (nSPS) is 11.5. The van der Waals surface area contributed by atoms with E-state index in [0.717, 1.165) is 34.6 Å². The summed E-state index contributed by atoms with van der Waals surface area (Å²) in [6.45, 7) is 11.1. The summed E-state index contributed by atoms with van der Waals surface area (Å²) in [5, 5.41) is 14.3. The second-order valence-electron chi connectivity index (χ2n) is 8.39. The first-order chi connectivity index (χ1) is 15.9. The number of aromatic nitrogens is 3. The molecule has 10 heteroatoms. The van der Waals surface area contributed by atoms with E-state index in [0.29, 0.717) is 13.0 Å². The first kappa shape index (κ1) is 25.2. The number of anilines is 2. The number of benzene rings is 1. The highest BCUT2D eigenvalue weighted by molar-refractivity contribution is 7.92. The van der Waals surface area contributed by atoms with Gasteiger partial charge in [0.15, 0.2) is 0 Å². The largest absolute Gasteiger partial charge is 0.478 e. The molecule has 9 nitrogen and oxygen atoms in total. The maximum Gasteiger partial charge on any atom is 0.339 e. The van der Waals surface area contributed by atoms with E-state index in [1.807, 2.05) is 39.3 Å². The summed E-state index contributed by atoms with van der Waals surface area (Å²) in [6, 6.07) is 6.13. The van der Waals surface area contributed by atoms with Crippen molar-refractivity contribution in [2.24, 2.45) is 0 Å². The molecule has 3 aromatic rings. The van der Waals surface area contributed by atoms with Crippen molar-refractivity contribution < 1.29 is 18.3 Å². The zero-order valence-electron chi connectivity index (χ0n) is 20.4. The molecular weight excluding hydrogens is 454 g/mol. The zero-order valence-corrected chi connectivity index (χ0v) is 21.2. The summed E-state index contributed by atoms with van der Waals surface area (Å²) in [7, 11) is -2.12. The van der Waals surface area contributed by atoms with Crippen molar-refractivity contribution in [3.8, 4) is 0 Å². The van der Waals surface area contributed by atoms with E-state index in [1.54, 1.807) is 24.1 Å². The number of likely N-dealkylation sites (N-methyl/N-ethyl adjacent to an activating group) is 1. The lowest BCUT2D eigenvalue weighted by atomic mass is 10.1. The summed E-state index contributed by atoms with van der Waals surface area (Å²) in [6.07, 6.45) is 2.01. The van der Waals surface area contributed by atoms with Gasteiger partial charge in [0.2, 0.25) is 0 Å². The van der Waals surface area contributed by atoms with E-state index in [4.69, 9.17) is 0 Å². The third-order valence-corrected chi connectivity index (χ3v) is 7.41. The van der Waals surface area contributed by atoms with Crippen molar-refractivity contribution in [3.63, 3.8) is 0 Å². The van der Waals surface area contributed by atoms with Crippen LogP contribution in [0.4, 0.5) is 11.5 Å². The highest BCUT2D eigenvalue weighted by Crippen LogP contribution is 2.24. The molecule has 0 atom stereocenters. The Bertz CT molecular complexity index is 1330. The van der Waals surface area contributed by atoms with Crippen molar-refractivity contribution in [2.45, 2.75) is 52.5 Å². The second-order valence-corrected chi connectivity index (χ2v) is 10.1. The summed E-state index contributed by atoms with van der Waals surface area (Å²) >= 11 is 0. The Morgan fingerprint density at radius 1 is 1.15 bits per heavy atom. The molecule has 3 rings (SSSR count). The Morgan fingerprint density at radius 2 is 1.85 bits per heavy atom. The number of rotatable bonds is 9. The van der Waals surface area contributed by atoms with Gasteiger partial charge in [0, 0.05) is 25.8 Å². The summed E-state index contributed by atoms with van der Waals surface area (Å²) in [4.78, 5) is 18.1. The van der Waals surface area contributed by atoms with Crippen LogP contribution in [0.5, 0.6) is 0 Å². The van der Waals surface area contributed by atoms with Crippen molar-refractivity contribution in [1.29, 1.82) is 0 Å². The summed E-state index contributed by atoms with van der Waals surface area (Å²) in [5.41, 5.74) is 5.01. The second kappa shape index (κ2) is 9.84. The lowest BCUT2D eigenvalue weighted by molar-refractivity contribution is 0.0697. The smallest absolute Gasteiger partial charge is 0.339 e. The molecule has 0 aliphatic heterocycles. The average Bonchev–Trinajstić information content (AvgIpc) is 3.06. The standard InChI is InChI=1S/C24H31N5O4S/c1-7-29-18(5)21(17(4)26-29)10-11-28(6)23-22(24(30)31)13-19(14-25-23)27-34(32,33)20-9-8-15(2)16(3)12-20/h8-9,12-14,27H,7,10-11H2,1-6H3,(H,30,31). The van der Waals surface area contributed by atoms with E-state index >= 15 is 0 Å². The van der Waals surface area contributed by atoms with Gasteiger partial charge in [0.1, 0.15) is 11.4 Å². The molecule has 1 aromatic carbocycles. The lowest BCUT2D eigenvalue weighted by Crippen LogP contribution is -2.24. The number of nitrogens with one attached hydrogen (secondary N) is 1. The van der Waals surface area contributed by atoms with Gasteiger partial charge in [-0.15, -0.1) is 0 Å². The van der Waals surface area contributed by atoms with Crippen LogP contribution in [0.15, 0.2) is 35.4 Å². The van der Waals surface area contributed by atoms with Crippen molar-refractivity contribution in [1.82, 2.24) is 14.8 Å². The Hall–Kier alpha value is -3.40. The van der Waals surface area contributed by atoms with Gasteiger partial charge in [-0.1, -0.05) is 6.07 Å². The topological polar surface area (TPSA) is 117 Å². The number of nitrogens with zero attached hydrogens (tertiary/aromatic N) is 4. The maximum absolute atomic E-state index is 12.8. The van der Waals surface area contributed by atoms with Crippen LogP contribution in [0.3, 0.4) is 0 Å². The first-order valence-electron chi connectivity index (χ1n) is 11.0. The SMILES string of the molecule is CCn1nc(C)c(CCN(C)c2ncc(NS(=O)(=O)c3ccc(C)c(C)c3)cc2C(=O)O)c1C. The number of hydrogen-bond donors (Lipinski definition) is 2. The number of aryl methyl sites for hydroxylation is 4. The minimum Gasteiger partial charge on any atom is -0.478 e. The Kier molecular flexibility index (Phi) is 7.30. The van der Waals surface area contributed by atoms with Crippen molar-refractivity contribution in [3.05, 3.63) is 64.1 Å². The highest BCUT2D eigenvalue weighted by Gasteiger charge is 2.21. The Labute approximate surface area is 200 Å². The van der Waals surface area contributed by atoms with Crippen LogP contribution in [0.1, 0.15) is 45.4 Å². The van der Waals surface area contributed by atoms with Gasteiger partial charge in [0.05, 0.1) is 22.5 Å². The van der Waals surface area contributed by atoms with Gasteiger partial charge in [-0.2, -0.15) is 5.10 Å². The average molecular weight is 486 g/mol. The fraction of sp³-hybridized carbons (Fsp3) is 0.375. The fourth-order valence-corrected chi connectivity index (χ4v) is 4.98. The lowest BCUT2D eigenvalue weighted by Gasteiger charge is -2.21.